The van der Waals surface area contributed by atoms with E-state index in [4.69, 9.17) is 28.2 Å². The minimum Gasteiger partial charge on any atom is -0.242 e. The maximum Gasteiger partial charge on any atom is 0.126 e. The van der Waals surface area contributed by atoms with Gasteiger partial charge in [0.05, 0.1) is 10.2 Å². The number of halogens is 2. The Morgan fingerprint density at radius 2 is 1.90 bits per heavy atom. The summed E-state index contributed by atoms with van der Waals surface area (Å²) in [6, 6.07) is 5.63. The lowest BCUT2D eigenvalue weighted by molar-refractivity contribution is 0.770. The molecule has 5 rings (SSSR count). The third-order valence-corrected chi connectivity index (χ3v) is 8.64. The third-order valence-electron chi connectivity index (χ3n) is 5.71. The van der Waals surface area contributed by atoms with Crippen molar-refractivity contribution >= 4 is 66.7 Å². The second-order valence-electron chi connectivity index (χ2n) is 7.60. The predicted molar refractivity (Wildman–Crippen MR) is 129 cm³/mol. The average Bonchev–Trinajstić information content (AvgIpc) is 3.36. The van der Waals surface area contributed by atoms with Gasteiger partial charge in [-0.3, -0.25) is 0 Å². The van der Waals surface area contributed by atoms with Crippen molar-refractivity contribution in [3.63, 3.8) is 0 Å². The van der Waals surface area contributed by atoms with Gasteiger partial charge >= 0.3 is 0 Å². The zero-order valence-corrected chi connectivity index (χ0v) is 19.8. The maximum atomic E-state index is 6.36. The van der Waals surface area contributed by atoms with E-state index in [0.29, 0.717) is 15.8 Å². The second-order valence-corrected chi connectivity index (χ2v) is 10.4. The van der Waals surface area contributed by atoms with E-state index in [2.05, 4.69) is 16.9 Å². The molecule has 0 bridgehead atoms. The summed E-state index contributed by atoms with van der Waals surface area (Å²) in [7, 11) is 0. The van der Waals surface area contributed by atoms with Gasteiger partial charge in [-0.15, -0.1) is 11.3 Å². The lowest BCUT2D eigenvalue weighted by Crippen LogP contribution is -1.98. The Morgan fingerprint density at radius 1 is 1.10 bits per heavy atom. The van der Waals surface area contributed by atoms with E-state index < -0.39 is 0 Å². The molecular formula is C23H21Cl2N3S2. The van der Waals surface area contributed by atoms with Crippen molar-refractivity contribution in [2.75, 3.05) is 0 Å². The van der Waals surface area contributed by atoms with Crippen molar-refractivity contribution in [3.05, 3.63) is 57.0 Å². The Hall–Kier alpha value is -1.40. The highest BCUT2D eigenvalue weighted by molar-refractivity contribution is 7.98. The van der Waals surface area contributed by atoms with E-state index in [1.807, 2.05) is 18.2 Å². The Bertz CT molecular complexity index is 1230. The first kappa shape index (κ1) is 20.5. The number of benzene rings is 1. The van der Waals surface area contributed by atoms with Crippen LogP contribution in [-0.2, 0) is 25.0 Å². The summed E-state index contributed by atoms with van der Waals surface area (Å²) in [6.45, 7) is 2.24. The quantitative estimate of drug-likeness (QED) is 0.212. The zero-order valence-electron chi connectivity index (χ0n) is 16.7. The largest absolute Gasteiger partial charge is 0.242 e. The van der Waals surface area contributed by atoms with Crippen molar-refractivity contribution < 1.29 is 0 Å². The first-order valence-electron chi connectivity index (χ1n) is 10.3. The van der Waals surface area contributed by atoms with E-state index >= 15 is 0 Å². The Labute approximate surface area is 194 Å². The van der Waals surface area contributed by atoms with Crippen LogP contribution in [0, 0.1) is 0 Å². The fourth-order valence-corrected chi connectivity index (χ4v) is 7.22. The van der Waals surface area contributed by atoms with Gasteiger partial charge in [-0.1, -0.05) is 54.4 Å². The second kappa shape index (κ2) is 8.62. The number of aromatic nitrogens is 3. The van der Waals surface area contributed by atoms with E-state index in [-0.39, 0.29) is 0 Å². The molecular weight excluding hydrogens is 453 g/mol. The molecule has 0 amide bonds. The predicted octanol–water partition coefficient (Wildman–Crippen LogP) is 7.67. The van der Waals surface area contributed by atoms with Crippen molar-refractivity contribution in [1.29, 1.82) is 0 Å². The molecule has 0 N–H and O–H groups in total. The number of thioether (sulfide) groups is 1. The molecule has 0 saturated carbocycles. The molecule has 7 heteroatoms. The lowest BCUT2D eigenvalue weighted by atomic mass is 10.0. The van der Waals surface area contributed by atoms with Crippen LogP contribution in [-0.4, -0.2) is 15.0 Å². The first-order chi connectivity index (χ1) is 14.7. The van der Waals surface area contributed by atoms with Gasteiger partial charge in [-0.05, 0) is 60.9 Å². The van der Waals surface area contributed by atoms with Crippen LogP contribution in [0.4, 0.5) is 0 Å². The fourth-order valence-electron chi connectivity index (χ4n) is 4.22. The van der Waals surface area contributed by atoms with Gasteiger partial charge in [0, 0.05) is 26.9 Å². The van der Waals surface area contributed by atoms with Gasteiger partial charge in [0.25, 0.3) is 0 Å². The highest BCUT2D eigenvalue weighted by atomic mass is 35.5. The number of rotatable bonds is 6. The van der Waals surface area contributed by atoms with E-state index in [1.165, 1.54) is 41.5 Å². The van der Waals surface area contributed by atoms with Gasteiger partial charge in [-0.25, -0.2) is 15.0 Å². The van der Waals surface area contributed by atoms with Crippen LogP contribution in [0.3, 0.4) is 0 Å². The minimum absolute atomic E-state index is 0.673. The smallest absolute Gasteiger partial charge is 0.126 e. The topological polar surface area (TPSA) is 38.7 Å². The molecule has 1 aromatic carbocycles. The molecule has 0 spiro atoms. The molecule has 0 saturated heterocycles. The molecule has 0 fully saturated rings. The summed E-state index contributed by atoms with van der Waals surface area (Å²) < 4.78 is 1.12. The number of fused-ring (bicyclic) bond motifs is 5. The monoisotopic (exact) mass is 473 g/mol. The molecule has 0 aliphatic heterocycles. The molecule has 3 heterocycles. The molecule has 3 nitrogen and oxygen atoms in total. The summed E-state index contributed by atoms with van der Waals surface area (Å²) in [5.74, 6) is 0.673. The van der Waals surface area contributed by atoms with Crippen LogP contribution in [0.1, 0.15) is 48.6 Å². The Morgan fingerprint density at radius 3 is 2.70 bits per heavy atom. The lowest BCUT2D eigenvalue weighted by Gasteiger charge is -2.08. The van der Waals surface area contributed by atoms with Crippen LogP contribution in [0.25, 0.3) is 20.4 Å². The standard InChI is InChI=1S/C23H21Cl2N3S2/c1-2-3-10-18-13-6-4-7-14(13)19-20-21(30-22(19)28-18)23(27-12-26-20)29-11-15-16(24)8-5-9-17(15)25/h5,8-9,12H,2-4,6-7,10-11H2,1H3. The van der Waals surface area contributed by atoms with E-state index in [9.17, 15) is 0 Å². The molecule has 1 aliphatic carbocycles. The van der Waals surface area contributed by atoms with Gasteiger partial charge in [0.2, 0.25) is 0 Å². The number of aryl methyl sites for hydroxylation is 2. The van der Waals surface area contributed by atoms with E-state index in [0.717, 1.165) is 44.9 Å². The third kappa shape index (κ3) is 3.60. The average molecular weight is 474 g/mol. The number of thiophene rings is 1. The molecule has 4 aromatic rings. The number of unbranched alkanes of at least 4 members (excludes halogenated alkanes) is 1. The summed E-state index contributed by atoms with van der Waals surface area (Å²) in [5, 5.41) is 3.61. The van der Waals surface area contributed by atoms with Gasteiger partial charge in [-0.2, -0.15) is 0 Å². The molecule has 0 radical (unpaired) electrons. The van der Waals surface area contributed by atoms with Crippen LogP contribution >= 0.6 is 46.3 Å². The molecule has 30 heavy (non-hydrogen) atoms. The van der Waals surface area contributed by atoms with Crippen LogP contribution < -0.4 is 0 Å². The SMILES string of the molecule is CCCCc1nc2sc3c(SCc4c(Cl)cccc4Cl)ncnc3c2c2c1CCC2. The number of pyridine rings is 1. The minimum atomic E-state index is 0.673. The highest BCUT2D eigenvalue weighted by Gasteiger charge is 2.24. The van der Waals surface area contributed by atoms with Gasteiger partial charge in [0.1, 0.15) is 16.2 Å². The maximum absolute atomic E-state index is 6.36. The molecule has 0 unspecified atom stereocenters. The summed E-state index contributed by atoms with van der Waals surface area (Å²) in [4.78, 5) is 15.5. The summed E-state index contributed by atoms with van der Waals surface area (Å²) in [5.41, 5.74) is 6.24. The van der Waals surface area contributed by atoms with Crippen molar-refractivity contribution in [2.24, 2.45) is 0 Å². The van der Waals surface area contributed by atoms with Crippen molar-refractivity contribution in [3.8, 4) is 0 Å². The summed E-state index contributed by atoms with van der Waals surface area (Å²) >= 11 is 16.1. The highest BCUT2D eigenvalue weighted by Crippen LogP contribution is 2.43. The van der Waals surface area contributed by atoms with Gasteiger partial charge in [0.15, 0.2) is 0 Å². The van der Waals surface area contributed by atoms with Crippen molar-refractivity contribution in [1.82, 2.24) is 15.0 Å². The fraction of sp³-hybridized carbons (Fsp3) is 0.348. The van der Waals surface area contributed by atoms with Crippen molar-refractivity contribution in [2.45, 2.75) is 56.2 Å². The zero-order chi connectivity index (χ0) is 20.7. The number of hydrogen-bond donors (Lipinski definition) is 0. The molecule has 154 valence electrons. The number of hydrogen-bond acceptors (Lipinski definition) is 5. The van der Waals surface area contributed by atoms with Gasteiger partial charge < -0.3 is 0 Å². The molecule has 1 aliphatic rings. The number of nitrogens with zero attached hydrogens (tertiary/aromatic N) is 3. The Balaban J connectivity index is 1.59. The van der Waals surface area contributed by atoms with Crippen LogP contribution in [0.2, 0.25) is 10.0 Å². The first-order valence-corrected chi connectivity index (χ1v) is 12.9. The molecule has 3 aromatic heterocycles. The normalized spacial score (nSPS) is 13.4. The van der Waals surface area contributed by atoms with Crippen LogP contribution in [0.5, 0.6) is 0 Å². The van der Waals surface area contributed by atoms with Crippen LogP contribution in [0.15, 0.2) is 29.6 Å². The van der Waals surface area contributed by atoms with E-state index in [1.54, 1.807) is 29.4 Å². The Kier molecular flexibility index (Phi) is 5.89. The summed E-state index contributed by atoms with van der Waals surface area (Å²) in [6.07, 6.45) is 8.61. The molecule has 0 atom stereocenters.